The van der Waals surface area contributed by atoms with Crippen molar-refractivity contribution in [1.29, 1.82) is 0 Å². The maximum absolute atomic E-state index is 14.7. The second-order valence-corrected chi connectivity index (χ2v) is 9.78. The summed E-state index contributed by atoms with van der Waals surface area (Å²) >= 11 is 6.67. The largest absolute Gasteiger partial charge is 0.478 e. The van der Waals surface area contributed by atoms with Crippen LogP contribution in [-0.4, -0.2) is 37.7 Å². The predicted octanol–water partition coefficient (Wildman–Crippen LogP) is 6.12. The Bertz CT molecular complexity index is 1510. The lowest BCUT2D eigenvalue weighted by atomic mass is 10.0. The number of aromatic amines is 1. The molecule has 0 radical (unpaired) electrons. The van der Waals surface area contributed by atoms with E-state index in [1.165, 1.54) is 17.8 Å². The average molecular weight is 503 g/mol. The SMILES string of the molecule is O=C(O)c1ccc(CCN2C(=O)C(=Cc3cccc(-c4cc5cc[nH]c5cc4F)c3)SC2=S)cc1. The number of hydrogen-bond acceptors (Lipinski definition) is 4. The minimum Gasteiger partial charge on any atom is -0.478 e. The Morgan fingerprint density at radius 1 is 1.11 bits per heavy atom. The molecule has 0 bridgehead atoms. The van der Waals surface area contributed by atoms with E-state index in [1.807, 2.05) is 36.4 Å². The molecule has 1 aliphatic rings. The Balaban J connectivity index is 1.33. The zero-order chi connectivity index (χ0) is 24.5. The predicted molar refractivity (Wildman–Crippen MR) is 141 cm³/mol. The molecule has 35 heavy (non-hydrogen) atoms. The summed E-state index contributed by atoms with van der Waals surface area (Å²) in [6.07, 6.45) is 4.10. The van der Waals surface area contributed by atoms with Gasteiger partial charge in [-0.1, -0.05) is 54.3 Å². The molecular formula is C27H19FN2O3S2. The number of nitrogens with one attached hydrogen (secondary N) is 1. The van der Waals surface area contributed by atoms with Crippen LogP contribution < -0.4 is 0 Å². The van der Waals surface area contributed by atoms with E-state index in [1.54, 1.807) is 41.4 Å². The number of benzene rings is 3. The number of aromatic nitrogens is 1. The highest BCUT2D eigenvalue weighted by Crippen LogP contribution is 2.34. The number of carbonyl (C=O) groups excluding carboxylic acids is 1. The molecule has 1 aliphatic heterocycles. The maximum Gasteiger partial charge on any atom is 0.335 e. The van der Waals surface area contributed by atoms with Gasteiger partial charge in [-0.05, 0) is 65.6 Å². The molecule has 5 rings (SSSR count). The zero-order valence-electron chi connectivity index (χ0n) is 18.3. The van der Waals surface area contributed by atoms with E-state index in [0.29, 0.717) is 27.8 Å². The number of fused-ring (bicyclic) bond motifs is 1. The van der Waals surface area contributed by atoms with Gasteiger partial charge in [-0.25, -0.2) is 9.18 Å². The second kappa shape index (κ2) is 9.48. The van der Waals surface area contributed by atoms with Gasteiger partial charge in [-0.15, -0.1) is 0 Å². The number of rotatable bonds is 6. The topological polar surface area (TPSA) is 73.4 Å². The number of carboxylic acid groups (broad SMARTS) is 1. The standard InChI is InChI=1S/C27H19FN2O3S2/c28-22-15-23-20(8-10-29-23)14-21(22)19-3-1-2-17(12-19)13-24-25(31)30(27(34)35-24)11-9-16-4-6-18(7-5-16)26(32)33/h1-8,10,12-15,29H,9,11H2,(H,32,33). The van der Waals surface area contributed by atoms with E-state index >= 15 is 0 Å². The fraction of sp³-hybridized carbons (Fsp3) is 0.0741. The minimum atomic E-state index is -0.976. The number of H-pyrrole nitrogens is 1. The zero-order valence-corrected chi connectivity index (χ0v) is 20.0. The monoisotopic (exact) mass is 502 g/mol. The molecule has 1 aromatic heterocycles. The van der Waals surface area contributed by atoms with Gasteiger partial charge in [-0.2, -0.15) is 0 Å². The van der Waals surface area contributed by atoms with Crippen LogP contribution in [0.15, 0.2) is 77.8 Å². The van der Waals surface area contributed by atoms with E-state index in [9.17, 15) is 14.0 Å². The summed E-state index contributed by atoms with van der Waals surface area (Å²) in [5, 5.41) is 9.95. The van der Waals surface area contributed by atoms with Gasteiger partial charge in [0.15, 0.2) is 0 Å². The van der Waals surface area contributed by atoms with Crippen LogP contribution in [0.1, 0.15) is 21.5 Å². The Kier molecular flexibility index (Phi) is 6.23. The van der Waals surface area contributed by atoms with Gasteiger partial charge in [0.05, 0.1) is 10.5 Å². The number of thiocarbonyl (C=S) groups is 1. The number of hydrogen-bond donors (Lipinski definition) is 2. The molecule has 4 aromatic rings. The molecule has 0 unspecified atom stereocenters. The molecule has 174 valence electrons. The van der Waals surface area contributed by atoms with Crippen molar-refractivity contribution in [2.45, 2.75) is 6.42 Å². The molecule has 1 saturated heterocycles. The number of halogens is 1. The lowest BCUT2D eigenvalue weighted by molar-refractivity contribution is -0.122. The van der Waals surface area contributed by atoms with Crippen LogP contribution in [0.5, 0.6) is 0 Å². The number of nitrogens with zero attached hydrogens (tertiary/aromatic N) is 1. The van der Waals surface area contributed by atoms with Crippen molar-refractivity contribution in [3.8, 4) is 11.1 Å². The molecule has 5 nitrogen and oxygen atoms in total. The second-order valence-electron chi connectivity index (χ2n) is 8.11. The molecule has 8 heteroatoms. The maximum atomic E-state index is 14.7. The highest BCUT2D eigenvalue weighted by Gasteiger charge is 2.31. The van der Waals surface area contributed by atoms with Crippen molar-refractivity contribution in [1.82, 2.24) is 9.88 Å². The highest BCUT2D eigenvalue weighted by molar-refractivity contribution is 8.26. The molecule has 2 N–H and O–H groups in total. The Labute approximate surface area is 210 Å². The van der Waals surface area contributed by atoms with Gasteiger partial charge >= 0.3 is 5.97 Å². The molecule has 0 saturated carbocycles. The van der Waals surface area contributed by atoms with Gasteiger partial charge in [0.25, 0.3) is 5.91 Å². The van der Waals surface area contributed by atoms with E-state index in [0.717, 1.165) is 27.6 Å². The van der Waals surface area contributed by atoms with Crippen LogP contribution in [0, 0.1) is 5.82 Å². The molecule has 1 amide bonds. The minimum absolute atomic E-state index is 0.174. The smallest absolute Gasteiger partial charge is 0.335 e. The molecule has 3 aromatic carbocycles. The first-order valence-corrected chi connectivity index (χ1v) is 12.1. The van der Waals surface area contributed by atoms with Crippen molar-refractivity contribution >= 4 is 57.2 Å². The summed E-state index contributed by atoms with van der Waals surface area (Å²) < 4.78 is 15.2. The lowest BCUT2D eigenvalue weighted by Gasteiger charge is -2.14. The number of thioether (sulfide) groups is 1. The first kappa shape index (κ1) is 23.0. The van der Waals surface area contributed by atoms with E-state index < -0.39 is 5.97 Å². The summed E-state index contributed by atoms with van der Waals surface area (Å²) in [6, 6.07) is 19.2. The fourth-order valence-corrected chi connectivity index (χ4v) is 5.30. The third kappa shape index (κ3) is 4.76. The van der Waals surface area contributed by atoms with Gasteiger partial charge in [0, 0.05) is 29.2 Å². The lowest BCUT2D eigenvalue weighted by Crippen LogP contribution is -2.30. The van der Waals surface area contributed by atoms with Gasteiger partial charge in [0.2, 0.25) is 0 Å². The number of carbonyl (C=O) groups is 2. The highest BCUT2D eigenvalue weighted by atomic mass is 32.2. The van der Waals surface area contributed by atoms with Crippen LogP contribution >= 0.6 is 24.0 Å². The Hall–Kier alpha value is -3.75. The molecule has 0 atom stereocenters. The molecular weight excluding hydrogens is 483 g/mol. The van der Waals surface area contributed by atoms with Crippen molar-refractivity contribution < 1.29 is 19.1 Å². The van der Waals surface area contributed by atoms with E-state index in [-0.39, 0.29) is 17.3 Å². The van der Waals surface area contributed by atoms with E-state index in [4.69, 9.17) is 17.3 Å². The average Bonchev–Trinajstić information content (AvgIpc) is 3.40. The summed E-state index contributed by atoms with van der Waals surface area (Å²) in [7, 11) is 0. The van der Waals surface area contributed by atoms with Gasteiger partial charge < -0.3 is 10.1 Å². The summed E-state index contributed by atoms with van der Waals surface area (Å²) in [5.41, 5.74) is 3.87. The van der Waals surface area contributed by atoms with Crippen LogP contribution in [0.25, 0.3) is 28.1 Å². The molecule has 2 heterocycles. The van der Waals surface area contributed by atoms with Crippen LogP contribution in [0.2, 0.25) is 0 Å². The summed E-state index contributed by atoms with van der Waals surface area (Å²) in [4.78, 5) is 29.1. The quantitative estimate of drug-likeness (QED) is 0.246. The van der Waals surface area contributed by atoms with Gasteiger partial charge in [0.1, 0.15) is 10.1 Å². The number of carboxylic acids is 1. The first-order chi connectivity index (χ1) is 16.9. The number of aromatic carboxylic acids is 1. The summed E-state index contributed by atoms with van der Waals surface area (Å²) in [5.74, 6) is -1.47. The summed E-state index contributed by atoms with van der Waals surface area (Å²) in [6.45, 7) is 0.399. The van der Waals surface area contributed by atoms with Crippen molar-refractivity contribution in [3.63, 3.8) is 0 Å². The third-order valence-electron chi connectivity index (χ3n) is 5.83. The van der Waals surface area contributed by atoms with Crippen molar-refractivity contribution in [2.24, 2.45) is 0 Å². The van der Waals surface area contributed by atoms with Crippen LogP contribution in [0.3, 0.4) is 0 Å². The molecule has 1 fully saturated rings. The van der Waals surface area contributed by atoms with Crippen LogP contribution in [0.4, 0.5) is 4.39 Å². The van der Waals surface area contributed by atoms with E-state index in [2.05, 4.69) is 4.98 Å². The first-order valence-electron chi connectivity index (χ1n) is 10.8. The van der Waals surface area contributed by atoms with Crippen molar-refractivity contribution in [2.75, 3.05) is 6.54 Å². The fourth-order valence-electron chi connectivity index (χ4n) is 3.99. The molecule has 0 aliphatic carbocycles. The molecule has 0 spiro atoms. The van der Waals surface area contributed by atoms with Crippen LogP contribution in [-0.2, 0) is 11.2 Å². The number of amides is 1. The normalized spacial score (nSPS) is 14.9. The Morgan fingerprint density at radius 3 is 2.69 bits per heavy atom. The van der Waals surface area contributed by atoms with Crippen molar-refractivity contribution in [3.05, 3.63) is 100 Å². The Morgan fingerprint density at radius 2 is 1.91 bits per heavy atom. The van der Waals surface area contributed by atoms with Gasteiger partial charge in [-0.3, -0.25) is 9.69 Å². The third-order valence-corrected chi connectivity index (χ3v) is 7.21.